The van der Waals surface area contributed by atoms with Gasteiger partial charge in [-0.1, -0.05) is 11.8 Å². The molecular weight excluding hydrogens is 368 g/mol. The fraction of sp³-hybridized carbons (Fsp3) is 0.412. The average Bonchev–Trinajstić information content (AvgIpc) is 2.93. The van der Waals surface area contributed by atoms with Gasteiger partial charge in [-0.3, -0.25) is 10.1 Å². The van der Waals surface area contributed by atoms with E-state index in [1.165, 1.54) is 4.68 Å². The SMILES string of the molecule is COc1ccc(-c2nnc(S[C@H](C)C(=O)NC(=O)NC(C)(C)C)n2N)cc1. The summed E-state index contributed by atoms with van der Waals surface area (Å²) < 4.78 is 6.44. The molecule has 1 heterocycles. The fourth-order valence-corrected chi connectivity index (χ4v) is 2.86. The zero-order valence-electron chi connectivity index (χ0n) is 15.9. The van der Waals surface area contributed by atoms with Crippen molar-refractivity contribution >= 4 is 23.7 Å². The molecule has 0 saturated heterocycles. The third-order valence-electron chi connectivity index (χ3n) is 3.39. The predicted molar refractivity (Wildman–Crippen MR) is 104 cm³/mol. The van der Waals surface area contributed by atoms with Crippen LogP contribution in [0.4, 0.5) is 4.79 Å². The maximum atomic E-state index is 12.2. The maximum absolute atomic E-state index is 12.2. The van der Waals surface area contributed by atoms with Crippen molar-refractivity contribution < 1.29 is 14.3 Å². The van der Waals surface area contributed by atoms with Crippen molar-refractivity contribution in [3.05, 3.63) is 24.3 Å². The highest BCUT2D eigenvalue weighted by Crippen LogP contribution is 2.25. The smallest absolute Gasteiger partial charge is 0.321 e. The van der Waals surface area contributed by atoms with Gasteiger partial charge in [-0.15, -0.1) is 10.2 Å². The number of benzene rings is 1. The molecule has 2 rings (SSSR count). The monoisotopic (exact) mass is 392 g/mol. The fourth-order valence-electron chi connectivity index (χ4n) is 2.09. The first-order valence-corrected chi connectivity index (χ1v) is 9.13. The Kier molecular flexibility index (Phi) is 6.32. The molecule has 1 aromatic heterocycles. The molecule has 2 aromatic rings. The highest BCUT2D eigenvalue weighted by Gasteiger charge is 2.23. The molecule has 1 atom stereocenters. The van der Waals surface area contributed by atoms with E-state index in [9.17, 15) is 9.59 Å². The molecule has 0 radical (unpaired) electrons. The van der Waals surface area contributed by atoms with Crippen molar-refractivity contribution in [2.45, 2.75) is 43.6 Å². The number of urea groups is 1. The number of hydrogen-bond donors (Lipinski definition) is 3. The third-order valence-corrected chi connectivity index (χ3v) is 4.45. The van der Waals surface area contributed by atoms with Crippen LogP contribution in [-0.4, -0.2) is 44.7 Å². The molecule has 27 heavy (non-hydrogen) atoms. The van der Waals surface area contributed by atoms with E-state index >= 15 is 0 Å². The third kappa shape index (κ3) is 5.61. The Morgan fingerprint density at radius 1 is 1.22 bits per heavy atom. The number of carbonyl (C=O) groups excluding carboxylic acids is 2. The number of nitrogen functional groups attached to an aromatic ring is 1. The molecule has 4 N–H and O–H groups in total. The summed E-state index contributed by atoms with van der Waals surface area (Å²) in [5.41, 5.74) is 0.324. The number of amides is 3. The van der Waals surface area contributed by atoms with E-state index in [1.54, 1.807) is 26.2 Å². The standard InChI is InChI=1S/C17H24N6O3S/c1-10(14(24)19-15(25)20-17(2,3)4)27-16-22-21-13(23(16)18)11-6-8-12(26-5)9-7-11/h6-10H,18H2,1-5H3,(H2,19,20,24,25)/t10-/m1/s1. The van der Waals surface area contributed by atoms with Crippen LogP contribution in [0.3, 0.4) is 0 Å². The summed E-state index contributed by atoms with van der Waals surface area (Å²) in [4.78, 5) is 24.0. The lowest BCUT2D eigenvalue weighted by Crippen LogP contribution is -2.49. The number of nitrogens with one attached hydrogen (secondary N) is 2. The van der Waals surface area contributed by atoms with Crippen molar-refractivity contribution in [2.24, 2.45) is 0 Å². The molecule has 0 fully saturated rings. The number of imide groups is 1. The number of nitrogens with two attached hydrogens (primary N) is 1. The van der Waals surface area contributed by atoms with Crippen LogP contribution in [0.1, 0.15) is 27.7 Å². The quantitative estimate of drug-likeness (QED) is 0.523. The Hall–Kier alpha value is -2.75. The Morgan fingerprint density at radius 2 is 1.85 bits per heavy atom. The van der Waals surface area contributed by atoms with Crippen LogP contribution in [-0.2, 0) is 4.79 Å². The largest absolute Gasteiger partial charge is 0.497 e. The molecular formula is C17H24N6O3S. The Bertz CT molecular complexity index is 813. The number of thioether (sulfide) groups is 1. The van der Waals surface area contributed by atoms with Gasteiger partial charge in [-0.2, -0.15) is 0 Å². The van der Waals surface area contributed by atoms with Gasteiger partial charge in [0.15, 0.2) is 5.82 Å². The molecule has 0 aliphatic rings. The lowest BCUT2D eigenvalue weighted by molar-refractivity contribution is -0.119. The van der Waals surface area contributed by atoms with E-state index < -0.39 is 22.7 Å². The van der Waals surface area contributed by atoms with E-state index in [1.807, 2.05) is 32.9 Å². The second kappa shape index (κ2) is 8.30. The van der Waals surface area contributed by atoms with Crippen molar-refractivity contribution in [3.63, 3.8) is 0 Å². The molecule has 0 aliphatic carbocycles. The zero-order valence-corrected chi connectivity index (χ0v) is 16.8. The molecule has 0 bridgehead atoms. The van der Waals surface area contributed by atoms with E-state index in [0.29, 0.717) is 11.0 Å². The van der Waals surface area contributed by atoms with E-state index in [4.69, 9.17) is 10.6 Å². The average molecular weight is 392 g/mol. The van der Waals surface area contributed by atoms with Gasteiger partial charge in [0.1, 0.15) is 5.75 Å². The molecule has 0 unspecified atom stereocenters. The first kappa shape index (κ1) is 20.6. The van der Waals surface area contributed by atoms with Crippen molar-refractivity contribution in [3.8, 4) is 17.1 Å². The Labute approximate surface area is 162 Å². The number of hydrogen-bond acceptors (Lipinski definition) is 7. The minimum atomic E-state index is -0.592. The summed E-state index contributed by atoms with van der Waals surface area (Å²) in [5, 5.41) is 12.9. The molecule has 146 valence electrons. The normalized spacial score (nSPS) is 12.3. The maximum Gasteiger partial charge on any atom is 0.321 e. The number of carbonyl (C=O) groups is 2. The lowest BCUT2D eigenvalue weighted by atomic mass is 10.1. The number of nitrogens with zero attached hydrogens (tertiary/aromatic N) is 3. The lowest BCUT2D eigenvalue weighted by Gasteiger charge is -2.21. The topological polar surface area (TPSA) is 124 Å². The highest BCUT2D eigenvalue weighted by molar-refractivity contribution is 8.00. The summed E-state index contributed by atoms with van der Waals surface area (Å²) in [6.45, 7) is 7.14. The number of methoxy groups -OCH3 is 1. The minimum Gasteiger partial charge on any atom is -0.497 e. The molecule has 3 amide bonds. The van der Waals surface area contributed by atoms with Crippen molar-refractivity contribution in [2.75, 3.05) is 13.0 Å². The van der Waals surface area contributed by atoms with Gasteiger partial charge in [0, 0.05) is 11.1 Å². The highest BCUT2D eigenvalue weighted by atomic mass is 32.2. The molecule has 10 heteroatoms. The van der Waals surface area contributed by atoms with Crippen LogP contribution in [0.2, 0.25) is 0 Å². The van der Waals surface area contributed by atoms with Gasteiger partial charge < -0.3 is 15.9 Å². The van der Waals surface area contributed by atoms with Gasteiger partial charge in [-0.25, -0.2) is 9.47 Å². The minimum absolute atomic E-state index is 0.361. The zero-order chi connectivity index (χ0) is 20.2. The predicted octanol–water partition coefficient (Wildman–Crippen LogP) is 1.77. The van der Waals surface area contributed by atoms with Gasteiger partial charge in [-0.05, 0) is 52.0 Å². The van der Waals surface area contributed by atoms with E-state index in [0.717, 1.165) is 23.1 Å². The van der Waals surface area contributed by atoms with Crippen LogP contribution in [0, 0.1) is 0 Å². The van der Waals surface area contributed by atoms with Crippen LogP contribution in [0.5, 0.6) is 5.75 Å². The van der Waals surface area contributed by atoms with Crippen molar-refractivity contribution in [1.82, 2.24) is 25.5 Å². The summed E-state index contributed by atoms with van der Waals surface area (Å²) in [6, 6.07) is 6.66. The van der Waals surface area contributed by atoms with Gasteiger partial charge in [0.25, 0.3) is 0 Å². The summed E-state index contributed by atoms with van der Waals surface area (Å²) in [7, 11) is 1.59. The van der Waals surface area contributed by atoms with Crippen LogP contribution in [0.25, 0.3) is 11.4 Å². The van der Waals surface area contributed by atoms with E-state index in [-0.39, 0.29) is 0 Å². The summed E-state index contributed by atoms with van der Waals surface area (Å²) in [6.07, 6.45) is 0. The molecule has 0 aliphatic heterocycles. The second-order valence-corrected chi connectivity index (χ2v) is 8.17. The second-order valence-electron chi connectivity index (χ2n) is 6.86. The number of ether oxygens (including phenoxy) is 1. The van der Waals surface area contributed by atoms with E-state index in [2.05, 4.69) is 20.8 Å². The van der Waals surface area contributed by atoms with Gasteiger partial charge in [0.05, 0.1) is 12.4 Å². The molecule has 9 nitrogen and oxygen atoms in total. The van der Waals surface area contributed by atoms with Crippen molar-refractivity contribution in [1.29, 1.82) is 0 Å². The molecule has 0 saturated carbocycles. The molecule has 1 aromatic carbocycles. The summed E-state index contributed by atoms with van der Waals surface area (Å²) >= 11 is 1.11. The number of aromatic nitrogens is 3. The van der Waals surface area contributed by atoms with Gasteiger partial charge >= 0.3 is 6.03 Å². The number of rotatable bonds is 5. The van der Waals surface area contributed by atoms with Crippen LogP contribution in [0.15, 0.2) is 29.4 Å². The first-order chi connectivity index (χ1) is 12.6. The molecule has 0 spiro atoms. The summed E-state index contributed by atoms with van der Waals surface area (Å²) in [5.74, 6) is 6.79. The Balaban J connectivity index is 2.03. The van der Waals surface area contributed by atoms with Crippen LogP contribution >= 0.6 is 11.8 Å². The Morgan fingerprint density at radius 3 is 2.41 bits per heavy atom. The van der Waals surface area contributed by atoms with Gasteiger partial charge in [0.2, 0.25) is 11.1 Å². The van der Waals surface area contributed by atoms with Crippen LogP contribution < -0.4 is 21.2 Å². The first-order valence-electron chi connectivity index (χ1n) is 8.25.